The first-order valence-corrected chi connectivity index (χ1v) is 7.26. The lowest BCUT2D eigenvalue weighted by Gasteiger charge is -2.25. The average Bonchev–Trinajstić information content (AvgIpc) is 2.55. The highest BCUT2D eigenvalue weighted by molar-refractivity contribution is 6.32. The van der Waals surface area contributed by atoms with E-state index >= 15 is 0 Å². The van der Waals surface area contributed by atoms with Crippen molar-refractivity contribution in [1.29, 1.82) is 0 Å². The second-order valence-electron chi connectivity index (χ2n) is 5.19. The van der Waals surface area contributed by atoms with Gasteiger partial charge in [-0.05, 0) is 36.8 Å². The van der Waals surface area contributed by atoms with E-state index in [1.54, 1.807) is 6.92 Å². The molecule has 24 heavy (non-hydrogen) atoms. The van der Waals surface area contributed by atoms with Crippen molar-refractivity contribution in [3.8, 4) is 0 Å². The number of nitro groups is 1. The van der Waals surface area contributed by atoms with Gasteiger partial charge >= 0.3 is 0 Å². The van der Waals surface area contributed by atoms with E-state index < -0.39 is 28.5 Å². The molecule has 2 aromatic carbocycles. The van der Waals surface area contributed by atoms with E-state index in [1.807, 2.05) is 0 Å². The lowest BCUT2D eigenvalue weighted by Crippen LogP contribution is -2.29. The molecule has 1 unspecified atom stereocenters. The van der Waals surface area contributed by atoms with Crippen molar-refractivity contribution >= 4 is 23.2 Å². The fraction of sp³-hybridized carbons (Fsp3) is 0.188. The Labute approximate surface area is 141 Å². The van der Waals surface area contributed by atoms with Gasteiger partial charge in [0.05, 0.1) is 11.0 Å². The number of halogens is 3. The van der Waals surface area contributed by atoms with Gasteiger partial charge < -0.3 is 4.90 Å². The number of carbonyl (C=O) groups is 1. The summed E-state index contributed by atoms with van der Waals surface area (Å²) in [7, 11) is 1.47. The van der Waals surface area contributed by atoms with Crippen molar-refractivity contribution in [2.24, 2.45) is 0 Å². The van der Waals surface area contributed by atoms with E-state index in [0.717, 1.165) is 18.2 Å². The molecule has 2 aromatic rings. The molecular formula is C16H13ClF2N2O3. The standard InChI is InChI=1S/C16H13ClF2N2O3/c1-9(10-4-6-13(18)14(19)7-10)20(2)16(22)11-3-5-12(17)15(8-11)21(23)24/h3-9H,1-2H3. The number of rotatable bonds is 4. The van der Waals surface area contributed by atoms with Crippen LogP contribution in [0.5, 0.6) is 0 Å². The second-order valence-corrected chi connectivity index (χ2v) is 5.60. The fourth-order valence-corrected chi connectivity index (χ4v) is 2.35. The maximum absolute atomic E-state index is 13.3. The van der Waals surface area contributed by atoms with Crippen LogP contribution in [0.25, 0.3) is 0 Å². The molecule has 126 valence electrons. The third-order valence-corrected chi connectivity index (χ3v) is 4.04. The quantitative estimate of drug-likeness (QED) is 0.605. The van der Waals surface area contributed by atoms with E-state index in [2.05, 4.69) is 0 Å². The van der Waals surface area contributed by atoms with Crippen LogP contribution in [0.1, 0.15) is 28.9 Å². The minimum Gasteiger partial charge on any atom is -0.335 e. The number of hydrogen-bond acceptors (Lipinski definition) is 3. The molecule has 0 fully saturated rings. The highest BCUT2D eigenvalue weighted by Gasteiger charge is 2.23. The number of hydrogen-bond donors (Lipinski definition) is 0. The molecule has 2 rings (SSSR count). The molecule has 1 atom stereocenters. The van der Waals surface area contributed by atoms with E-state index in [4.69, 9.17) is 11.6 Å². The number of benzene rings is 2. The van der Waals surface area contributed by atoms with Gasteiger partial charge in [-0.1, -0.05) is 17.7 Å². The van der Waals surface area contributed by atoms with Gasteiger partial charge in [0.1, 0.15) is 5.02 Å². The molecule has 0 bridgehead atoms. The Hall–Kier alpha value is -2.54. The highest BCUT2D eigenvalue weighted by atomic mass is 35.5. The summed E-state index contributed by atoms with van der Waals surface area (Å²) in [6.45, 7) is 1.63. The molecule has 0 N–H and O–H groups in total. The van der Waals surface area contributed by atoms with Crippen LogP contribution in [-0.4, -0.2) is 22.8 Å². The topological polar surface area (TPSA) is 63.5 Å². The zero-order chi connectivity index (χ0) is 18.0. The summed E-state index contributed by atoms with van der Waals surface area (Å²) in [5, 5.41) is 10.8. The minimum absolute atomic E-state index is 0.0723. The van der Waals surface area contributed by atoms with Crippen LogP contribution in [-0.2, 0) is 0 Å². The zero-order valence-electron chi connectivity index (χ0n) is 12.8. The van der Waals surface area contributed by atoms with Crippen molar-refractivity contribution in [3.63, 3.8) is 0 Å². The predicted octanol–water partition coefficient (Wildman–Crippen LogP) is 4.36. The molecule has 0 aliphatic heterocycles. The van der Waals surface area contributed by atoms with Crippen LogP contribution in [0.4, 0.5) is 14.5 Å². The Bertz CT molecular complexity index is 814. The Morgan fingerprint density at radius 2 is 1.88 bits per heavy atom. The first-order chi connectivity index (χ1) is 11.2. The van der Waals surface area contributed by atoms with Crippen LogP contribution < -0.4 is 0 Å². The van der Waals surface area contributed by atoms with Crippen molar-refractivity contribution in [2.45, 2.75) is 13.0 Å². The molecule has 0 aromatic heterocycles. The summed E-state index contributed by atoms with van der Waals surface area (Å²) >= 11 is 5.72. The third-order valence-electron chi connectivity index (χ3n) is 3.72. The summed E-state index contributed by atoms with van der Waals surface area (Å²) in [6, 6.07) is 6.51. The predicted molar refractivity (Wildman–Crippen MR) is 85.0 cm³/mol. The van der Waals surface area contributed by atoms with Gasteiger partial charge in [0.15, 0.2) is 11.6 Å². The van der Waals surface area contributed by atoms with Crippen LogP contribution >= 0.6 is 11.6 Å². The maximum Gasteiger partial charge on any atom is 0.288 e. The molecule has 8 heteroatoms. The largest absolute Gasteiger partial charge is 0.335 e. The molecule has 0 heterocycles. The molecule has 0 radical (unpaired) electrons. The number of amides is 1. The van der Waals surface area contributed by atoms with Crippen molar-refractivity contribution in [2.75, 3.05) is 7.05 Å². The van der Waals surface area contributed by atoms with Crippen molar-refractivity contribution < 1.29 is 18.5 Å². The van der Waals surface area contributed by atoms with Crippen LogP contribution in [0.3, 0.4) is 0 Å². The molecule has 0 saturated carbocycles. The van der Waals surface area contributed by atoms with Gasteiger partial charge in [-0.25, -0.2) is 8.78 Å². The molecule has 0 saturated heterocycles. The maximum atomic E-state index is 13.3. The van der Waals surface area contributed by atoms with Gasteiger partial charge in [-0.2, -0.15) is 0 Å². The van der Waals surface area contributed by atoms with E-state index in [9.17, 15) is 23.7 Å². The van der Waals surface area contributed by atoms with Gasteiger partial charge in [0.25, 0.3) is 11.6 Å². The first-order valence-electron chi connectivity index (χ1n) is 6.88. The van der Waals surface area contributed by atoms with Gasteiger partial charge in [-0.15, -0.1) is 0 Å². The molecule has 1 amide bonds. The van der Waals surface area contributed by atoms with E-state index in [1.165, 1.54) is 30.1 Å². The summed E-state index contributed by atoms with van der Waals surface area (Å²) in [5.74, 6) is -2.50. The summed E-state index contributed by atoms with van der Waals surface area (Å²) in [4.78, 5) is 24.0. The Morgan fingerprint density at radius 3 is 2.46 bits per heavy atom. The monoisotopic (exact) mass is 354 g/mol. The molecule has 0 spiro atoms. The zero-order valence-corrected chi connectivity index (χ0v) is 13.6. The van der Waals surface area contributed by atoms with E-state index in [0.29, 0.717) is 5.56 Å². The summed E-state index contributed by atoms with van der Waals surface area (Å²) in [5.41, 5.74) is 0.0904. The van der Waals surface area contributed by atoms with Gasteiger partial charge in [0, 0.05) is 18.7 Å². The second kappa shape index (κ2) is 6.92. The SMILES string of the molecule is CC(c1ccc(F)c(F)c1)N(C)C(=O)c1ccc(Cl)c([N+](=O)[O-])c1. The molecular weight excluding hydrogens is 342 g/mol. The van der Waals surface area contributed by atoms with Crippen molar-refractivity contribution in [3.05, 3.63) is 74.3 Å². The van der Waals surface area contributed by atoms with Crippen LogP contribution in [0.15, 0.2) is 36.4 Å². The van der Waals surface area contributed by atoms with Crippen LogP contribution in [0, 0.1) is 21.7 Å². The lowest BCUT2D eigenvalue weighted by atomic mass is 10.1. The Morgan fingerprint density at radius 1 is 1.21 bits per heavy atom. The fourth-order valence-electron chi connectivity index (χ4n) is 2.16. The molecule has 5 nitrogen and oxygen atoms in total. The lowest BCUT2D eigenvalue weighted by molar-refractivity contribution is -0.384. The molecule has 0 aliphatic rings. The smallest absolute Gasteiger partial charge is 0.288 e. The summed E-state index contributed by atoms with van der Waals surface area (Å²) < 4.78 is 26.4. The number of nitrogens with zero attached hydrogens (tertiary/aromatic N) is 2. The number of carbonyl (C=O) groups excluding carboxylic acids is 1. The molecule has 0 aliphatic carbocycles. The third kappa shape index (κ3) is 3.51. The minimum atomic E-state index is -1.01. The van der Waals surface area contributed by atoms with Crippen LogP contribution in [0.2, 0.25) is 5.02 Å². The Kier molecular flexibility index (Phi) is 5.14. The highest BCUT2D eigenvalue weighted by Crippen LogP contribution is 2.27. The van der Waals surface area contributed by atoms with Crippen molar-refractivity contribution in [1.82, 2.24) is 4.90 Å². The first kappa shape index (κ1) is 17.8. The summed E-state index contributed by atoms with van der Waals surface area (Å²) in [6.07, 6.45) is 0. The normalized spacial score (nSPS) is 11.9. The Balaban J connectivity index is 2.30. The number of nitro benzene ring substituents is 1. The van der Waals surface area contributed by atoms with Gasteiger partial charge in [-0.3, -0.25) is 14.9 Å². The van der Waals surface area contributed by atoms with E-state index in [-0.39, 0.29) is 16.3 Å². The van der Waals surface area contributed by atoms with Gasteiger partial charge in [0.2, 0.25) is 0 Å². The average molecular weight is 355 g/mol.